The van der Waals surface area contributed by atoms with Crippen LogP contribution in [0.15, 0.2) is 76.6 Å². The SMILES string of the molecule is COc1cc(C)c(-c2nc3ccccc3c(=O)n2N=Cc2cc(OC)c(OCc3ccc(Cl)c(Cl)c3)c(OC)c2)cc1C(C)C. The molecular weight excluding hydrogens is 613 g/mol. The average Bonchev–Trinajstić information content (AvgIpc) is 3.04. The highest BCUT2D eigenvalue weighted by molar-refractivity contribution is 6.42. The summed E-state index contributed by atoms with van der Waals surface area (Å²) < 4.78 is 24.4. The predicted octanol–water partition coefficient (Wildman–Crippen LogP) is 8.29. The molecule has 5 aromatic rings. The quantitative estimate of drug-likeness (QED) is 0.142. The normalized spacial score (nSPS) is 11.4. The van der Waals surface area contributed by atoms with E-state index >= 15 is 0 Å². The van der Waals surface area contributed by atoms with Gasteiger partial charge in [-0.15, -0.1) is 0 Å². The Kier molecular flexibility index (Phi) is 9.65. The van der Waals surface area contributed by atoms with Crippen LogP contribution >= 0.6 is 23.2 Å². The van der Waals surface area contributed by atoms with E-state index in [0.29, 0.717) is 49.6 Å². The number of aromatic nitrogens is 2. The van der Waals surface area contributed by atoms with Crippen molar-refractivity contribution < 1.29 is 18.9 Å². The van der Waals surface area contributed by atoms with Gasteiger partial charge in [-0.1, -0.05) is 55.2 Å². The Bertz CT molecular complexity index is 1950. The third-order valence-corrected chi connectivity index (χ3v) is 8.10. The molecule has 0 radical (unpaired) electrons. The Morgan fingerprint density at radius 1 is 0.889 bits per heavy atom. The van der Waals surface area contributed by atoms with Crippen LogP contribution in [0.25, 0.3) is 22.3 Å². The lowest BCUT2D eigenvalue weighted by atomic mass is 9.96. The van der Waals surface area contributed by atoms with Crippen LogP contribution in [0.1, 0.15) is 42.0 Å². The first kappa shape index (κ1) is 31.9. The molecule has 1 aromatic heterocycles. The van der Waals surface area contributed by atoms with E-state index in [0.717, 1.165) is 28.0 Å². The summed E-state index contributed by atoms with van der Waals surface area (Å²) in [4.78, 5) is 18.8. The fourth-order valence-corrected chi connectivity index (χ4v) is 5.32. The van der Waals surface area contributed by atoms with E-state index in [-0.39, 0.29) is 18.1 Å². The fourth-order valence-electron chi connectivity index (χ4n) is 5.00. The summed E-state index contributed by atoms with van der Waals surface area (Å²) in [6.45, 7) is 6.35. The third kappa shape index (κ3) is 6.62. The van der Waals surface area contributed by atoms with Gasteiger partial charge in [-0.2, -0.15) is 9.78 Å². The number of methoxy groups -OCH3 is 3. The number of benzene rings is 4. The number of rotatable bonds is 10. The number of halogens is 2. The molecule has 0 aliphatic heterocycles. The van der Waals surface area contributed by atoms with Gasteiger partial charge >= 0.3 is 0 Å². The molecule has 10 heteroatoms. The van der Waals surface area contributed by atoms with Crippen LogP contribution in [0.2, 0.25) is 10.0 Å². The van der Waals surface area contributed by atoms with Gasteiger partial charge in [0.15, 0.2) is 17.3 Å². The zero-order chi connectivity index (χ0) is 32.2. The van der Waals surface area contributed by atoms with Crippen molar-refractivity contribution in [2.24, 2.45) is 5.10 Å². The second kappa shape index (κ2) is 13.6. The zero-order valence-corrected chi connectivity index (χ0v) is 27.4. The van der Waals surface area contributed by atoms with Crippen molar-refractivity contribution in [3.05, 3.63) is 109 Å². The van der Waals surface area contributed by atoms with E-state index < -0.39 is 0 Å². The highest BCUT2D eigenvalue weighted by Gasteiger charge is 2.19. The minimum absolute atomic E-state index is 0.181. The molecule has 0 spiro atoms. The second-order valence-corrected chi connectivity index (χ2v) is 11.5. The third-order valence-electron chi connectivity index (χ3n) is 7.37. The molecule has 232 valence electrons. The van der Waals surface area contributed by atoms with Gasteiger partial charge in [0, 0.05) is 11.1 Å². The van der Waals surface area contributed by atoms with Crippen molar-refractivity contribution >= 4 is 40.3 Å². The van der Waals surface area contributed by atoms with Crippen LogP contribution < -0.4 is 24.5 Å². The molecule has 0 aliphatic rings. The lowest BCUT2D eigenvalue weighted by Crippen LogP contribution is -2.20. The van der Waals surface area contributed by atoms with Gasteiger partial charge in [-0.25, -0.2) is 4.98 Å². The molecule has 0 saturated heterocycles. The summed E-state index contributed by atoms with van der Waals surface area (Å²) in [6, 6.07) is 20.0. The Morgan fingerprint density at radius 2 is 1.58 bits per heavy atom. The van der Waals surface area contributed by atoms with Crippen molar-refractivity contribution in [3.63, 3.8) is 0 Å². The molecule has 0 saturated carbocycles. The molecular formula is C35H33Cl2N3O5. The number of aryl methyl sites for hydroxylation is 1. The Balaban J connectivity index is 1.59. The Labute approximate surface area is 271 Å². The minimum atomic E-state index is -0.298. The predicted molar refractivity (Wildman–Crippen MR) is 180 cm³/mol. The molecule has 0 aliphatic carbocycles. The van der Waals surface area contributed by atoms with Crippen LogP contribution in [-0.4, -0.2) is 37.2 Å². The maximum Gasteiger partial charge on any atom is 0.282 e. The highest BCUT2D eigenvalue weighted by atomic mass is 35.5. The van der Waals surface area contributed by atoms with Crippen LogP contribution in [0.4, 0.5) is 0 Å². The monoisotopic (exact) mass is 645 g/mol. The first-order chi connectivity index (χ1) is 21.6. The first-order valence-electron chi connectivity index (χ1n) is 14.2. The molecule has 8 nitrogen and oxygen atoms in total. The van der Waals surface area contributed by atoms with Gasteiger partial charge in [0.1, 0.15) is 12.4 Å². The summed E-state index contributed by atoms with van der Waals surface area (Å²) in [5.74, 6) is 2.63. The summed E-state index contributed by atoms with van der Waals surface area (Å²) in [6.07, 6.45) is 1.57. The fraction of sp³-hybridized carbons (Fsp3) is 0.229. The van der Waals surface area contributed by atoms with Crippen molar-refractivity contribution in [1.82, 2.24) is 9.66 Å². The van der Waals surface area contributed by atoms with Crippen molar-refractivity contribution in [1.29, 1.82) is 0 Å². The largest absolute Gasteiger partial charge is 0.496 e. The molecule has 0 fully saturated rings. The van der Waals surface area contributed by atoms with Gasteiger partial charge in [-0.05, 0) is 78.1 Å². The number of ether oxygens (including phenoxy) is 4. The van der Waals surface area contributed by atoms with Crippen LogP contribution in [0.5, 0.6) is 23.0 Å². The maximum atomic E-state index is 13.9. The molecule has 0 atom stereocenters. The van der Waals surface area contributed by atoms with E-state index in [2.05, 4.69) is 18.9 Å². The summed E-state index contributed by atoms with van der Waals surface area (Å²) in [5.41, 5.74) is 4.40. The van der Waals surface area contributed by atoms with Crippen LogP contribution in [0.3, 0.4) is 0 Å². The number of hydrogen-bond donors (Lipinski definition) is 0. The summed E-state index contributed by atoms with van der Waals surface area (Å²) in [7, 11) is 4.73. The number of nitrogens with zero attached hydrogens (tertiary/aromatic N) is 3. The van der Waals surface area contributed by atoms with E-state index in [1.165, 1.54) is 18.9 Å². The minimum Gasteiger partial charge on any atom is -0.496 e. The molecule has 0 unspecified atom stereocenters. The molecule has 4 aromatic carbocycles. The van der Waals surface area contributed by atoms with Gasteiger partial charge in [-0.3, -0.25) is 4.79 Å². The first-order valence-corrected chi connectivity index (χ1v) is 15.0. The Morgan fingerprint density at radius 3 is 2.22 bits per heavy atom. The van der Waals surface area contributed by atoms with Gasteiger partial charge < -0.3 is 18.9 Å². The number of fused-ring (bicyclic) bond motifs is 1. The summed E-state index contributed by atoms with van der Waals surface area (Å²) >= 11 is 12.2. The van der Waals surface area contributed by atoms with E-state index in [9.17, 15) is 4.79 Å². The standard InChI is InChI=1S/C35H33Cl2N3O5/c1-20(2)25-17-26(21(3)13-30(25)42-4)34-39-29-10-8-7-9-24(29)35(41)40(34)38-18-23-15-31(43-5)33(32(16-23)44-6)45-19-22-11-12-27(36)28(37)14-22/h7-18,20H,19H2,1-6H3. The van der Waals surface area contributed by atoms with Crippen molar-refractivity contribution in [3.8, 4) is 34.4 Å². The van der Waals surface area contributed by atoms with Crippen LogP contribution in [-0.2, 0) is 6.61 Å². The van der Waals surface area contributed by atoms with E-state index in [1.807, 2.05) is 37.3 Å². The van der Waals surface area contributed by atoms with Crippen molar-refractivity contribution in [2.45, 2.75) is 33.3 Å². The topological polar surface area (TPSA) is 84.2 Å². The molecule has 0 N–H and O–H groups in total. The van der Waals surface area contributed by atoms with E-state index in [4.69, 9.17) is 47.1 Å². The second-order valence-electron chi connectivity index (χ2n) is 10.7. The Hall–Kier alpha value is -4.53. The molecule has 45 heavy (non-hydrogen) atoms. The molecule has 0 bridgehead atoms. The smallest absolute Gasteiger partial charge is 0.282 e. The highest BCUT2D eigenvalue weighted by Crippen LogP contribution is 2.39. The van der Waals surface area contributed by atoms with Gasteiger partial charge in [0.05, 0.1) is 48.5 Å². The molecule has 5 rings (SSSR count). The van der Waals surface area contributed by atoms with Gasteiger partial charge in [0.2, 0.25) is 5.75 Å². The molecule has 0 amide bonds. The summed E-state index contributed by atoms with van der Waals surface area (Å²) in [5, 5.41) is 6.01. The average molecular weight is 647 g/mol. The van der Waals surface area contributed by atoms with Gasteiger partial charge in [0.25, 0.3) is 5.56 Å². The van der Waals surface area contributed by atoms with Crippen LogP contribution in [0, 0.1) is 6.92 Å². The zero-order valence-electron chi connectivity index (χ0n) is 25.9. The van der Waals surface area contributed by atoms with Crippen molar-refractivity contribution in [2.75, 3.05) is 21.3 Å². The lowest BCUT2D eigenvalue weighted by Gasteiger charge is -2.17. The maximum absolute atomic E-state index is 13.9. The number of para-hydroxylation sites is 1. The number of hydrogen-bond acceptors (Lipinski definition) is 7. The molecule has 1 heterocycles. The lowest BCUT2D eigenvalue weighted by molar-refractivity contribution is 0.266. The van der Waals surface area contributed by atoms with E-state index in [1.54, 1.807) is 49.7 Å².